The van der Waals surface area contributed by atoms with Crippen molar-refractivity contribution in [1.82, 2.24) is 0 Å². The Morgan fingerprint density at radius 2 is 2.13 bits per heavy atom. The summed E-state index contributed by atoms with van der Waals surface area (Å²) < 4.78 is 18.0. The van der Waals surface area contributed by atoms with E-state index in [4.69, 9.17) is 4.74 Å². The maximum Gasteiger partial charge on any atom is 0.168 e. The monoisotopic (exact) mass is 212 g/mol. The quantitative estimate of drug-likeness (QED) is 0.800. The van der Waals surface area contributed by atoms with Crippen LogP contribution >= 0.6 is 0 Å². The zero-order valence-corrected chi connectivity index (χ0v) is 8.46. The summed E-state index contributed by atoms with van der Waals surface area (Å²) in [5.41, 5.74) is -0.0474. The van der Waals surface area contributed by atoms with Crippen LogP contribution in [0.4, 0.5) is 4.39 Å². The summed E-state index contributed by atoms with van der Waals surface area (Å²) in [7, 11) is 1.44. The molecule has 0 bridgehead atoms. The number of hydrogen-bond acceptors (Lipinski definition) is 3. The zero-order chi connectivity index (χ0) is 11.1. The van der Waals surface area contributed by atoms with Crippen LogP contribution in [0.3, 0.4) is 0 Å². The fourth-order valence-electron chi connectivity index (χ4n) is 1.59. The number of halogens is 1. The third-order valence-electron chi connectivity index (χ3n) is 2.70. The van der Waals surface area contributed by atoms with Crippen LogP contribution in [0.5, 0.6) is 11.5 Å². The molecule has 1 fully saturated rings. The van der Waals surface area contributed by atoms with Crippen LogP contribution < -0.4 is 4.74 Å². The van der Waals surface area contributed by atoms with E-state index in [9.17, 15) is 14.6 Å². The number of hydrogen-bond donors (Lipinski definition) is 2. The Kier molecular flexibility index (Phi) is 2.31. The van der Waals surface area contributed by atoms with Gasteiger partial charge in [-0.05, 0) is 18.9 Å². The number of aromatic hydroxyl groups is 1. The highest BCUT2D eigenvalue weighted by Gasteiger charge is 2.41. The Labute approximate surface area is 87.1 Å². The van der Waals surface area contributed by atoms with Crippen molar-refractivity contribution in [2.75, 3.05) is 7.11 Å². The topological polar surface area (TPSA) is 49.7 Å². The Bertz CT molecular complexity index is 386. The molecule has 0 radical (unpaired) electrons. The van der Waals surface area contributed by atoms with Crippen LogP contribution in [0.1, 0.15) is 18.4 Å². The van der Waals surface area contributed by atoms with E-state index in [0.717, 1.165) is 18.9 Å². The molecule has 0 saturated heterocycles. The number of phenols is 1. The average Bonchev–Trinajstić information content (AvgIpc) is 2.89. The summed E-state index contributed by atoms with van der Waals surface area (Å²) in [5.74, 6) is -0.751. The van der Waals surface area contributed by atoms with E-state index >= 15 is 0 Å². The van der Waals surface area contributed by atoms with Gasteiger partial charge in [-0.2, -0.15) is 0 Å². The summed E-state index contributed by atoms with van der Waals surface area (Å²) in [6.45, 7) is 0. The number of rotatable bonds is 3. The molecule has 2 N–H and O–H groups in total. The Morgan fingerprint density at radius 1 is 1.47 bits per heavy atom. The zero-order valence-electron chi connectivity index (χ0n) is 8.46. The second-order valence-corrected chi connectivity index (χ2v) is 4.02. The first-order valence-electron chi connectivity index (χ1n) is 4.82. The van der Waals surface area contributed by atoms with Crippen LogP contribution in [0.2, 0.25) is 0 Å². The molecule has 1 saturated carbocycles. The Balaban J connectivity index is 2.31. The third kappa shape index (κ3) is 2.04. The van der Waals surface area contributed by atoms with Gasteiger partial charge in [-0.1, -0.05) is 0 Å². The van der Waals surface area contributed by atoms with Crippen molar-refractivity contribution < 1.29 is 19.3 Å². The molecule has 1 aliphatic carbocycles. The van der Waals surface area contributed by atoms with Crippen molar-refractivity contribution in [3.8, 4) is 11.5 Å². The molecule has 0 atom stereocenters. The number of aliphatic hydroxyl groups is 1. The Hall–Kier alpha value is -1.29. The SMILES string of the molecule is COc1cc(F)c(O)cc1CC1(O)CC1. The molecular weight excluding hydrogens is 199 g/mol. The van der Waals surface area contributed by atoms with Gasteiger partial charge in [0.15, 0.2) is 11.6 Å². The second-order valence-electron chi connectivity index (χ2n) is 4.02. The highest BCUT2D eigenvalue weighted by Crippen LogP contribution is 2.41. The fraction of sp³-hybridized carbons (Fsp3) is 0.455. The summed E-state index contributed by atoms with van der Waals surface area (Å²) in [6.07, 6.45) is 1.88. The van der Waals surface area contributed by atoms with Gasteiger partial charge >= 0.3 is 0 Å². The molecular formula is C11H13FO3. The lowest BCUT2D eigenvalue weighted by Gasteiger charge is -2.12. The van der Waals surface area contributed by atoms with E-state index in [1.165, 1.54) is 13.2 Å². The van der Waals surface area contributed by atoms with Gasteiger partial charge in [0.25, 0.3) is 0 Å². The average molecular weight is 212 g/mol. The first-order chi connectivity index (χ1) is 7.04. The molecule has 1 aromatic rings. The number of phenolic OH excluding ortho intramolecular Hbond substituents is 1. The highest BCUT2D eigenvalue weighted by atomic mass is 19.1. The molecule has 1 aromatic carbocycles. The predicted molar refractivity (Wildman–Crippen MR) is 52.5 cm³/mol. The van der Waals surface area contributed by atoms with Gasteiger partial charge in [-0.15, -0.1) is 0 Å². The maximum absolute atomic E-state index is 13.0. The molecule has 3 nitrogen and oxygen atoms in total. The van der Waals surface area contributed by atoms with Gasteiger partial charge in [-0.3, -0.25) is 0 Å². The standard InChI is InChI=1S/C11H13FO3/c1-15-10-5-8(12)9(13)4-7(10)6-11(14)2-3-11/h4-5,13-14H,2-3,6H2,1H3. The predicted octanol–water partition coefficient (Wildman–Crippen LogP) is 1.61. The Morgan fingerprint density at radius 3 is 2.67 bits per heavy atom. The first kappa shape index (κ1) is 10.2. The van der Waals surface area contributed by atoms with Gasteiger partial charge in [0.05, 0.1) is 12.7 Å². The van der Waals surface area contributed by atoms with Crippen LogP contribution in [0, 0.1) is 5.82 Å². The van der Waals surface area contributed by atoms with Gasteiger partial charge in [0.2, 0.25) is 0 Å². The minimum atomic E-state index is -0.710. The van der Waals surface area contributed by atoms with Crippen LogP contribution in [0.15, 0.2) is 12.1 Å². The molecule has 0 unspecified atom stereocenters. The number of methoxy groups -OCH3 is 1. The molecule has 2 rings (SSSR count). The summed E-state index contributed by atoms with van der Waals surface area (Å²) in [6, 6.07) is 2.45. The van der Waals surface area contributed by atoms with Gasteiger partial charge in [0, 0.05) is 18.1 Å². The first-order valence-corrected chi connectivity index (χ1v) is 4.82. The number of benzene rings is 1. The summed E-state index contributed by atoms with van der Waals surface area (Å²) in [4.78, 5) is 0. The van der Waals surface area contributed by atoms with E-state index < -0.39 is 17.2 Å². The maximum atomic E-state index is 13.0. The molecule has 0 heterocycles. The van der Waals surface area contributed by atoms with Crippen LogP contribution in [-0.4, -0.2) is 22.9 Å². The van der Waals surface area contributed by atoms with Crippen LogP contribution in [-0.2, 0) is 6.42 Å². The van der Waals surface area contributed by atoms with Crippen molar-refractivity contribution in [1.29, 1.82) is 0 Å². The minimum Gasteiger partial charge on any atom is -0.505 e. The van der Waals surface area contributed by atoms with Crippen molar-refractivity contribution in [2.24, 2.45) is 0 Å². The molecule has 15 heavy (non-hydrogen) atoms. The minimum absolute atomic E-state index is 0.366. The fourth-order valence-corrected chi connectivity index (χ4v) is 1.59. The van der Waals surface area contributed by atoms with Crippen molar-refractivity contribution in [3.63, 3.8) is 0 Å². The summed E-state index contributed by atoms with van der Waals surface area (Å²) in [5, 5.41) is 19.0. The van der Waals surface area contributed by atoms with Gasteiger partial charge in [-0.25, -0.2) is 4.39 Å². The normalized spacial score (nSPS) is 17.5. The molecule has 0 aromatic heterocycles. The molecule has 82 valence electrons. The van der Waals surface area contributed by atoms with E-state index in [0.29, 0.717) is 17.7 Å². The summed E-state index contributed by atoms with van der Waals surface area (Å²) >= 11 is 0. The highest BCUT2D eigenvalue weighted by molar-refractivity contribution is 5.42. The molecule has 4 heteroatoms. The van der Waals surface area contributed by atoms with Gasteiger partial charge in [0.1, 0.15) is 5.75 Å². The molecule has 1 aliphatic rings. The van der Waals surface area contributed by atoms with E-state index in [-0.39, 0.29) is 0 Å². The molecule has 0 aliphatic heterocycles. The molecule has 0 amide bonds. The third-order valence-corrected chi connectivity index (χ3v) is 2.70. The number of ether oxygens (including phenoxy) is 1. The van der Waals surface area contributed by atoms with E-state index in [1.54, 1.807) is 0 Å². The second kappa shape index (κ2) is 3.38. The van der Waals surface area contributed by atoms with Crippen molar-refractivity contribution in [2.45, 2.75) is 24.9 Å². The smallest absolute Gasteiger partial charge is 0.168 e. The lowest BCUT2D eigenvalue weighted by molar-refractivity contribution is 0.150. The van der Waals surface area contributed by atoms with Gasteiger partial charge < -0.3 is 14.9 Å². The van der Waals surface area contributed by atoms with E-state index in [1.807, 2.05) is 0 Å². The molecule has 0 spiro atoms. The van der Waals surface area contributed by atoms with Crippen molar-refractivity contribution >= 4 is 0 Å². The lowest BCUT2D eigenvalue weighted by atomic mass is 10.0. The lowest BCUT2D eigenvalue weighted by Crippen LogP contribution is -2.11. The van der Waals surface area contributed by atoms with E-state index in [2.05, 4.69) is 0 Å². The van der Waals surface area contributed by atoms with Crippen LogP contribution in [0.25, 0.3) is 0 Å². The largest absolute Gasteiger partial charge is 0.505 e. The van der Waals surface area contributed by atoms with Crippen molar-refractivity contribution in [3.05, 3.63) is 23.5 Å².